The zero-order valence-electron chi connectivity index (χ0n) is 12.5. The maximum Gasteiger partial charge on any atom is 0.182 e. The zero-order valence-corrected chi connectivity index (χ0v) is 14.1. The number of nitrogen functional groups attached to an aromatic ring is 1. The minimum atomic E-state index is -3.32. The fourth-order valence-corrected chi connectivity index (χ4v) is 6.08. The second kappa shape index (κ2) is 5.43. The van der Waals surface area contributed by atoms with Crippen LogP contribution in [0.1, 0.15) is 44.9 Å². The van der Waals surface area contributed by atoms with Crippen LogP contribution in [0.4, 0.5) is 10.8 Å². The van der Waals surface area contributed by atoms with Crippen molar-refractivity contribution in [3.8, 4) is 0 Å². The Morgan fingerprint density at radius 3 is 2.33 bits per heavy atom. The van der Waals surface area contributed by atoms with E-state index < -0.39 is 9.84 Å². The van der Waals surface area contributed by atoms with Gasteiger partial charge in [-0.15, -0.1) is 0 Å². The summed E-state index contributed by atoms with van der Waals surface area (Å²) >= 11 is 1.22. The van der Waals surface area contributed by atoms with Gasteiger partial charge in [0, 0.05) is 19.3 Å². The molecular weight excluding hydrogens is 306 g/mol. The maximum absolute atomic E-state index is 11.9. The molecule has 7 heteroatoms. The molecule has 118 valence electrons. The Labute approximate surface area is 130 Å². The molecule has 2 aliphatic rings. The first-order valence-electron chi connectivity index (χ1n) is 7.61. The number of sulfone groups is 1. The highest BCUT2D eigenvalue weighted by molar-refractivity contribution is 7.91. The van der Waals surface area contributed by atoms with Crippen molar-refractivity contribution in [1.29, 1.82) is 0 Å². The molecule has 2 N–H and O–H groups in total. The molecule has 1 saturated carbocycles. The lowest BCUT2D eigenvalue weighted by Crippen LogP contribution is -2.41. The van der Waals surface area contributed by atoms with Crippen molar-refractivity contribution >= 4 is 32.2 Å². The molecule has 0 atom stereocenters. The number of hydrogen-bond donors (Lipinski definition) is 1. The average molecular weight is 329 g/mol. The lowest BCUT2D eigenvalue weighted by molar-refractivity contribution is 0.144. The minimum absolute atomic E-state index is 0.149. The highest BCUT2D eigenvalue weighted by atomic mass is 32.2. The van der Waals surface area contributed by atoms with E-state index in [1.54, 1.807) is 0 Å². The molecule has 2 fully saturated rings. The van der Waals surface area contributed by atoms with Crippen molar-refractivity contribution in [3.63, 3.8) is 0 Å². The molecule has 1 aromatic rings. The smallest absolute Gasteiger partial charge is 0.182 e. The molecule has 0 bridgehead atoms. The summed E-state index contributed by atoms with van der Waals surface area (Å²) in [5, 5.41) is 0.737. The van der Waals surface area contributed by atoms with E-state index in [1.165, 1.54) is 49.9 Å². The van der Waals surface area contributed by atoms with Crippen LogP contribution in [0.5, 0.6) is 0 Å². The normalized spacial score (nSPS) is 22.6. The molecule has 5 nitrogen and oxygen atoms in total. The number of anilines is 2. The van der Waals surface area contributed by atoms with E-state index in [1.807, 2.05) is 0 Å². The number of nitrogens with zero attached hydrogens (tertiary/aromatic N) is 2. The van der Waals surface area contributed by atoms with Crippen LogP contribution in [0.3, 0.4) is 0 Å². The third kappa shape index (κ3) is 2.90. The Morgan fingerprint density at radius 1 is 1.14 bits per heavy atom. The Kier molecular flexibility index (Phi) is 3.90. The number of aromatic nitrogens is 1. The van der Waals surface area contributed by atoms with Gasteiger partial charge in [0.1, 0.15) is 9.90 Å². The van der Waals surface area contributed by atoms with Gasteiger partial charge in [0.05, 0.1) is 0 Å². The third-order valence-corrected chi connectivity index (χ3v) is 7.25. The summed E-state index contributed by atoms with van der Waals surface area (Å²) in [6, 6.07) is 0. The van der Waals surface area contributed by atoms with Crippen LogP contribution in [0.15, 0.2) is 4.90 Å². The highest BCUT2D eigenvalue weighted by Gasteiger charge is 2.37. The molecule has 0 amide bonds. The van der Waals surface area contributed by atoms with Gasteiger partial charge in [0.2, 0.25) is 0 Å². The molecule has 21 heavy (non-hydrogen) atoms. The molecule has 1 spiro atoms. The van der Waals surface area contributed by atoms with E-state index in [2.05, 4.69) is 9.27 Å². The van der Waals surface area contributed by atoms with Crippen molar-refractivity contribution in [2.75, 3.05) is 30.0 Å². The van der Waals surface area contributed by atoms with Gasteiger partial charge in [-0.25, -0.2) is 8.42 Å². The van der Waals surface area contributed by atoms with Gasteiger partial charge >= 0.3 is 0 Å². The highest BCUT2D eigenvalue weighted by Crippen LogP contribution is 2.46. The van der Waals surface area contributed by atoms with Crippen LogP contribution in [-0.4, -0.2) is 32.1 Å². The van der Waals surface area contributed by atoms with E-state index in [4.69, 9.17) is 5.73 Å². The van der Waals surface area contributed by atoms with E-state index in [-0.39, 0.29) is 10.7 Å². The van der Waals surface area contributed by atoms with E-state index in [9.17, 15) is 8.42 Å². The summed E-state index contributed by atoms with van der Waals surface area (Å²) in [7, 11) is -3.32. The molecule has 1 aliphatic carbocycles. The fourth-order valence-electron chi connectivity index (χ4n) is 3.82. The quantitative estimate of drug-likeness (QED) is 0.903. The monoisotopic (exact) mass is 329 g/mol. The summed E-state index contributed by atoms with van der Waals surface area (Å²) in [5.74, 6) is 0.149. The third-order valence-electron chi connectivity index (χ3n) is 5.05. The first kappa shape index (κ1) is 15.1. The summed E-state index contributed by atoms with van der Waals surface area (Å²) in [5.41, 5.74) is 6.27. The van der Waals surface area contributed by atoms with Crippen molar-refractivity contribution in [2.45, 2.75) is 49.8 Å². The predicted molar refractivity (Wildman–Crippen MR) is 86.6 cm³/mol. The summed E-state index contributed by atoms with van der Waals surface area (Å²) in [6.07, 6.45) is 10.3. The first-order valence-corrected chi connectivity index (χ1v) is 10.3. The molecule has 0 aromatic carbocycles. The molecule has 3 rings (SSSR count). The van der Waals surface area contributed by atoms with Gasteiger partial charge in [-0.05, 0) is 42.6 Å². The molecule has 0 unspecified atom stereocenters. The fraction of sp³-hybridized carbons (Fsp3) is 0.786. The van der Waals surface area contributed by atoms with Crippen LogP contribution >= 0.6 is 11.5 Å². The lowest BCUT2D eigenvalue weighted by atomic mass is 9.68. The lowest BCUT2D eigenvalue weighted by Gasteiger charge is -2.44. The van der Waals surface area contributed by atoms with Crippen molar-refractivity contribution < 1.29 is 8.42 Å². The summed E-state index contributed by atoms with van der Waals surface area (Å²) < 4.78 is 27.9. The summed E-state index contributed by atoms with van der Waals surface area (Å²) in [4.78, 5) is 2.40. The van der Waals surface area contributed by atoms with Gasteiger partial charge in [-0.3, -0.25) is 0 Å². The standard InChI is InChI=1S/C14H23N3O2S2/c1-21(18,19)11-12(15)16-20-13(11)17-9-7-14(8-10-17)5-3-2-4-6-14/h2-10H2,1H3,(H2,15,16). The molecule has 0 radical (unpaired) electrons. The largest absolute Gasteiger partial charge is 0.382 e. The Hall–Kier alpha value is -0.820. The van der Waals surface area contributed by atoms with Gasteiger partial charge in [0.25, 0.3) is 0 Å². The second-order valence-electron chi connectivity index (χ2n) is 6.52. The number of piperidine rings is 1. The molecule has 2 heterocycles. The Bertz CT molecular complexity index is 608. The topological polar surface area (TPSA) is 76.3 Å². The minimum Gasteiger partial charge on any atom is -0.382 e. The van der Waals surface area contributed by atoms with Gasteiger partial charge in [-0.2, -0.15) is 4.37 Å². The summed E-state index contributed by atoms with van der Waals surface area (Å²) in [6.45, 7) is 1.84. The van der Waals surface area contributed by atoms with E-state index >= 15 is 0 Å². The van der Waals surface area contributed by atoms with Gasteiger partial charge in [0.15, 0.2) is 15.7 Å². The number of nitrogens with two attached hydrogens (primary N) is 1. The molecular formula is C14H23N3O2S2. The van der Waals surface area contributed by atoms with E-state index in [0.29, 0.717) is 5.41 Å². The zero-order chi connectivity index (χ0) is 15.1. The maximum atomic E-state index is 11.9. The average Bonchev–Trinajstić information content (AvgIpc) is 2.82. The van der Waals surface area contributed by atoms with E-state index in [0.717, 1.165) is 30.9 Å². The number of rotatable bonds is 2. The van der Waals surface area contributed by atoms with Crippen molar-refractivity contribution in [2.24, 2.45) is 5.41 Å². The van der Waals surface area contributed by atoms with Gasteiger partial charge < -0.3 is 10.6 Å². The SMILES string of the molecule is CS(=O)(=O)c1c(N)nsc1N1CCC2(CCCCC2)CC1. The first-order chi connectivity index (χ1) is 9.91. The predicted octanol–water partition coefficient (Wildman–Crippen LogP) is 2.68. The molecule has 1 saturated heterocycles. The van der Waals surface area contributed by atoms with Crippen LogP contribution in [0.2, 0.25) is 0 Å². The van der Waals surface area contributed by atoms with Crippen LogP contribution < -0.4 is 10.6 Å². The van der Waals surface area contributed by atoms with Gasteiger partial charge in [-0.1, -0.05) is 19.3 Å². The van der Waals surface area contributed by atoms with Crippen LogP contribution in [-0.2, 0) is 9.84 Å². The Morgan fingerprint density at radius 2 is 1.76 bits per heavy atom. The van der Waals surface area contributed by atoms with Crippen molar-refractivity contribution in [3.05, 3.63) is 0 Å². The number of hydrogen-bond acceptors (Lipinski definition) is 6. The van der Waals surface area contributed by atoms with Crippen molar-refractivity contribution in [1.82, 2.24) is 4.37 Å². The molecule has 1 aliphatic heterocycles. The Balaban J connectivity index is 1.79. The molecule has 1 aromatic heterocycles. The van der Waals surface area contributed by atoms with Crippen LogP contribution in [0, 0.1) is 5.41 Å². The van der Waals surface area contributed by atoms with Crippen LogP contribution in [0.25, 0.3) is 0 Å². The second-order valence-corrected chi connectivity index (χ2v) is 9.23.